The molecule has 3 atom stereocenters. The van der Waals surface area contributed by atoms with Gasteiger partial charge in [0, 0.05) is 13.0 Å². The molecule has 3 aliphatic rings. The molecular formula is C13H19F3N6S. The summed E-state index contributed by atoms with van der Waals surface area (Å²) in [5, 5.41) is 12.6. The fourth-order valence-corrected chi connectivity index (χ4v) is 4.01. The van der Waals surface area contributed by atoms with Gasteiger partial charge < -0.3 is 5.73 Å². The summed E-state index contributed by atoms with van der Waals surface area (Å²) >= 11 is 1.39. The first-order valence-electron chi connectivity index (χ1n) is 7.45. The van der Waals surface area contributed by atoms with Crippen molar-refractivity contribution in [2.75, 3.05) is 13.3 Å². The first kappa shape index (κ1) is 16.4. The van der Waals surface area contributed by atoms with Crippen molar-refractivity contribution in [3.63, 3.8) is 0 Å². The van der Waals surface area contributed by atoms with Crippen molar-refractivity contribution in [3.05, 3.63) is 0 Å². The van der Waals surface area contributed by atoms with Crippen LogP contribution >= 0.6 is 11.8 Å². The third kappa shape index (κ3) is 3.00. The maximum atomic E-state index is 13.1. The monoisotopic (exact) mass is 348 g/mol. The number of alkyl halides is 3. The van der Waals surface area contributed by atoms with Gasteiger partial charge >= 0.3 is 6.18 Å². The Labute approximate surface area is 136 Å². The van der Waals surface area contributed by atoms with E-state index in [1.54, 1.807) is 17.1 Å². The third-order valence-corrected chi connectivity index (χ3v) is 5.17. The molecule has 128 valence electrons. The van der Waals surface area contributed by atoms with Gasteiger partial charge in [-0.3, -0.25) is 5.01 Å². The Morgan fingerprint density at radius 3 is 2.65 bits per heavy atom. The molecule has 2 heterocycles. The van der Waals surface area contributed by atoms with E-state index in [0.717, 1.165) is 6.42 Å². The number of guanidine groups is 1. The van der Waals surface area contributed by atoms with Gasteiger partial charge in [-0.15, -0.1) is 16.9 Å². The molecule has 0 aromatic heterocycles. The Morgan fingerprint density at radius 2 is 2.00 bits per heavy atom. The zero-order chi connectivity index (χ0) is 16.8. The van der Waals surface area contributed by atoms with Gasteiger partial charge in [0.2, 0.25) is 11.8 Å². The van der Waals surface area contributed by atoms with Crippen LogP contribution in [0.15, 0.2) is 15.2 Å². The number of hydrogen-bond donors (Lipinski definition) is 1. The quantitative estimate of drug-likeness (QED) is 0.789. The predicted molar refractivity (Wildman–Crippen MR) is 84.9 cm³/mol. The molecule has 0 saturated heterocycles. The molecule has 0 amide bonds. The van der Waals surface area contributed by atoms with Crippen LogP contribution in [0, 0.1) is 11.8 Å². The first-order valence-corrected chi connectivity index (χ1v) is 8.68. The zero-order valence-electron chi connectivity index (χ0n) is 12.9. The van der Waals surface area contributed by atoms with Gasteiger partial charge in [0.1, 0.15) is 11.2 Å². The van der Waals surface area contributed by atoms with E-state index < -0.39 is 12.1 Å². The van der Waals surface area contributed by atoms with Crippen LogP contribution in [0.5, 0.6) is 0 Å². The van der Waals surface area contributed by atoms with Crippen LogP contribution in [-0.4, -0.2) is 52.5 Å². The highest BCUT2D eigenvalue weighted by molar-refractivity contribution is 8.15. The summed E-state index contributed by atoms with van der Waals surface area (Å²) in [5.74, 6) is -0.747. The van der Waals surface area contributed by atoms with E-state index in [1.165, 1.54) is 11.8 Å². The SMILES string of the molecule is CSC1=NC(N)=NN2C1=NN(C)C2C1CCCC(C(F)(F)F)C1. The first-order chi connectivity index (χ1) is 10.8. The molecule has 23 heavy (non-hydrogen) atoms. The summed E-state index contributed by atoms with van der Waals surface area (Å²) in [4.78, 5) is 4.14. The molecule has 2 aliphatic heterocycles. The number of amidine groups is 1. The van der Waals surface area contributed by atoms with Crippen LogP contribution in [-0.2, 0) is 0 Å². The van der Waals surface area contributed by atoms with Crippen LogP contribution in [0.25, 0.3) is 0 Å². The number of nitrogens with zero attached hydrogens (tertiary/aromatic N) is 5. The van der Waals surface area contributed by atoms with E-state index in [-0.39, 0.29) is 30.9 Å². The van der Waals surface area contributed by atoms with Crippen molar-refractivity contribution in [2.45, 2.75) is 38.0 Å². The maximum Gasteiger partial charge on any atom is 0.391 e. The second-order valence-corrected chi connectivity index (χ2v) is 6.79. The minimum absolute atomic E-state index is 0.0962. The second-order valence-electron chi connectivity index (χ2n) is 6.00. The average Bonchev–Trinajstić information content (AvgIpc) is 2.81. The van der Waals surface area contributed by atoms with Crippen molar-refractivity contribution in [2.24, 2.45) is 32.8 Å². The molecule has 0 spiro atoms. The lowest BCUT2D eigenvalue weighted by molar-refractivity contribution is -0.188. The number of aliphatic imine (C=N–C) groups is 1. The van der Waals surface area contributed by atoms with E-state index in [9.17, 15) is 13.2 Å². The van der Waals surface area contributed by atoms with Gasteiger partial charge in [0.15, 0.2) is 0 Å². The van der Waals surface area contributed by atoms with Gasteiger partial charge in [0.05, 0.1) is 5.92 Å². The molecule has 3 unspecified atom stereocenters. The minimum Gasteiger partial charge on any atom is -0.367 e. The molecule has 1 fully saturated rings. The van der Waals surface area contributed by atoms with Crippen molar-refractivity contribution in [1.82, 2.24) is 10.0 Å². The van der Waals surface area contributed by atoms with Gasteiger partial charge in [-0.25, -0.2) is 10.0 Å². The number of halogens is 3. The second kappa shape index (κ2) is 5.88. The highest BCUT2D eigenvalue weighted by atomic mass is 32.2. The Morgan fingerprint density at radius 1 is 1.26 bits per heavy atom. The van der Waals surface area contributed by atoms with Crippen molar-refractivity contribution >= 4 is 28.6 Å². The van der Waals surface area contributed by atoms with Gasteiger partial charge in [-0.1, -0.05) is 6.42 Å². The molecule has 10 heteroatoms. The van der Waals surface area contributed by atoms with Crippen LogP contribution < -0.4 is 5.73 Å². The largest absolute Gasteiger partial charge is 0.391 e. The van der Waals surface area contributed by atoms with E-state index in [1.807, 2.05) is 6.26 Å². The molecule has 0 aromatic carbocycles. The number of fused-ring (bicyclic) bond motifs is 1. The van der Waals surface area contributed by atoms with E-state index in [2.05, 4.69) is 15.2 Å². The summed E-state index contributed by atoms with van der Waals surface area (Å²) in [6.45, 7) is 0. The molecule has 0 bridgehead atoms. The number of nitrogens with two attached hydrogens (primary N) is 1. The zero-order valence-corrected chi connectivity index (χ0v) is 13.7. The highest BCUT2D eigenvalue weighted by Gasteiger charge is 2.48. The van der Waals surface area contributed by atoms with E-state index in [4.69, 9.17) is 5.73 Å². The highest BCUT2D eigenvalue weighted by Crippen LogP contribution is 2.43. The number of rotatable bonds is 1. The lowest BCUT2D eigenvalue weighted by Gasteiger charge is -2.38. The molecule has 3 rings (SSSR count). The number of hydrazone groups is 2. The molecular weight excluding hydrogens is 329 g/mol. The standard InChI is InChI=1S/C13H19F3N6S/c1-21-11(7-4-3-5-8(6-7)13(14,15)16)22-9(19-21)10(23-2)18-12(17)20-22/h7-8,11H,3-6H2,1-2H3,(H2,17,20). The third-order valence-electron chi connectivity index (χ3n) is 4.51. The summed E-state index contributed by atoms with van der Waals surface area (Å²) in [5.41, 5.74) is 5.74. The van der Waals surface area contributed by atoms with Crippen molar-refractivity contribution < 1.29 is 13.2 Å². The van der Waals surface area contributed by atoms with Crippen LogP contribution in [0.4, 0.5) is 13.2 Å². The molecule has 1 saturated carbocycles. The fourth-order valence-electron chi connectivity index (χ4n) is 3.51. The number of hydrogen-bond acceptors (Lipinski definition) is 7. The minimum atomic E-state index is -4.14. The smallest absolute Gasteiger partial charge is 0.367 e. The normalized spacial score (nSPS) is 31.5. The molecule has 1 aliphatic carbocycles. The topological polar surface area (TPSA) is 69.6 Å². The van der Waals surface area contributed by atoms with E-state index in [0.29, 0.717) is 17.3 Å². The van der Waals surface area contributed by atoms with E-state index >= 15 is 0 Å². The Kier molecular flexibility index (Phi) is 4.19. The number of thioether (sulfide) groups is 1. The Bertz CT molecular complexity index is 573. The summed E-state index contributed by atoms with van der Waals surface area (Å²) < 4.78 is 39.3. The molecule has 0 radical (unpaired) electrons. The molecule has 6 nitrogen and oxygen atoms in total. The van der Waals surface area contributed by atoms with Crippen molar-refractivity contribution in [1.29, 1.82) is 0 Å². The fraction of sp³-hybridized carbons (Fsp3) is 0.769. The lowest BCUT2D eigenvalue weighted by Crippen LogP contribution is -2.48. The van der Waals surface area contributed by atoms with Gasteiger partial charge in [-0.05, 0) is 25.5 Å². The van der Waals surface area contributed by atoms with Crippen molar-refractivity contribution in [3.8, 4) is 0 Å². The maximum absolute atomic E-state index is 13.1. The van der Waals surface area contributed by atoms with Crippen LogP contribution in [0.1, 0.15) is 25.7 Å². The van der Waals surface area contributed by atoms with Gasteiger partial charge in [0.25, 0.3) is 0 Å². The summed E-state index contributed by atoms with van der Waals surface area (Å²) in [6, 6.07) is 0. The predicted octanol–water partition coefficient (Wildman–Crippen LogP) is 2.25. The Balaban J connectivity index is 1.83. The summed E-state index contributed by atoms with van der Waals surface area (Å²) in [6.07, 6.45) is -1.05. The van der Waals surface area contributed by atoms with Gasteiger partial charge in [-0.2, -0.15) is 18.3 Å². The Hall–Kier alpha value is -1.45. The summed E-state index contributed by atoms with van der Waals surface area (Å²) in [7, 11) is 1.76. The van der Waals surface area contributed by atoms with Crippen LogP contribution in [0.2, 0.25) is 0 Å². The molecule has 2 N–H and O–H groups in total. The van der Waals surface area contributed by atoms with Crippen LogP contribution in [0.3, 0.4) is 0 Å². The average molecular weight is 348 g/mol. The molecule has 0 aromatic rings. The lowest BCUT2D eigenvalue weighted by atomic mass is 9.79.